The van der Waals surface area contributed by atoms with Crippen molar-refractivity contribution < 1.29 is 0 Å². The van der Waals surface area contributed by atoms with Crippen molar-refractivity contribution >= 4 is 22.6 Å². The number of halogens is 1. The molecule has 68 valence electrons. The molecule has 2 rings (SSSR count). The van der Waals surface area contributed by atoms with Gasteiger partial charge in [-0.25, -0.2) is 9.97 Å². The molecule has 2 aromatic heterocycles. The molecule has 4 nitrogen and oxygen atoms in total. The third-order valence-corrected chi connectivity index (χ3v) is 2.15. The predicted molar refractivity (Wildman–Crippen MR) is 51.7 cm³/mol. The standard InChI is InChI=1S/C8H9ClN4/c1-10-2-5-3-11-7-6(5)12-4-13-8(7)9/h3-4,10-11H,2H2,1H3. The fourth-order valence-corrected chi connectivity index (χ4v) is 1.48. The van der Waals surface area contributed by atoms with Crippen LogP contribution in [0.15, 0.2) is 12.5 Å². The number of rotatable bonds is 2. The van der Waals surface area contributed by atoms with Crippen LogP contribution in [0.5, 0.6) is 0 Å². The number of nitrogens with zero attached hydrogens (tertiary/aromatic N) is 2. The number of H-pyrrole nitrogens is 1. The first kappa shape index (κ1) is 8.47. The number of nitrogens with one attached hydrogen (secondary N) is 2. The molecule has 13 heavy (non-hydrogen) atoms. The van der Waals surface area contributed by atoms with E-state index in [1.54, 1.807) is 0 Å². The first-order valence-corrected chi connectivity index (χ1v) is 4.32. The molecule has 0 bridgehead atoms. The Morgan fingerprint density at radius 1 is 1.54 bits per heavy atom. The summed E-state index contributed by atoms with van der Waals surface area (Å²) in [7, 11) is 1.89. The van der Waals surface area contributed by atoms with Crippen molar-refractivity contribution in [1.29, 1.82) is 0 Å². The van der Waals surface area contributed by atoms with Gasteiger partial charge >= 0.3 is 0 Å². The molecule has 0 aliphatic carbocycles. The van der Waals surface area contributed by atoms with E-state index in [9.17, 15) is 0 Å². The highest BCUT2D eigenvalue weighted by atomic mass is 35.5. The minimum atomic E-state index is 0.465. The maximum atomic E-state index is 5.87. The molecule has 0 aliphatic rings. The summed E-state index contributed by atoms with van der Waals surface area (Å²) in [4.78, 5) is 11.1. The van der Waals surface area contributed by atoms with Gasteiger partial charge in [0.25, 0.3) is 0 Å². The van der Waals surface area contributed by atoms with Crippen molar-refractivity contribution in [2.24, 2.45) is 0 Å². The lowest BCUT2D eigenvalue weighted by molar-refractivity contribution is 0.821. The van der Waals surface area contributed by atoms with Crippen LogP contribution in [0.1, 0.15) is 5.56 Å². The Bertz CT molecular complexity index is 423. The minimum absolute atomic E-state index is 0.465. The fourth-order valence-electron chi connectivity index (χ4n) is 1.29. The van der Waals surface area contributed by atoms with Gasteiger partial charge in [0.05, 0.1) is 5.52 Å². The number of hydrogen-bond donors (Lipinski definition) is 2. The van der Waals surface area contributed by atoms with Crippen LogP contribution < -0.4 is 5.32 Å². The van der Waals surface area contributed by atoms with Crippen LogP contribution in [0, 0.1) is 0 Å². The van der Waals surface area contributed by atoms with Crippen LogP contribution in [0.25, 0.3) is 11.0 Å². The highest BCUT2D eigenvalue weighted by Gasteiger charge is 2.06. The Balaban J connectivity index is 2.61. The van der Waals surface area contributed by atoms with Gasteiger partial charge in [-0.05, 0) is 7.05 Å². The Morgan fingerprint density at radius 2 is 2.38 bits per heavy atom. The molecule has 0 saturated carbocycles. The first-order chi connectivity index (χ1) is 6.33. The molecule has 0 radical (unpaired) electrons. The van der Waals surface area contributed by atoms with Crippen molar-refractivity contribution in [2.75, 3.05) is 7.05 Å². The average Bonchev–Trinajstić information content (AvgIpc) is 2.51. The molecule has 2 N–H and O–H groups in total. The zero-order valence-corrected chi connectivity index (χ0v) is 7.89. The predicted octanol–water partition coefficient (Wildman–Crippen LogP) is 1.33. The lowest BCUT2D eigenvalue weighted by Gasteiger charge is -1.95. The largest absolute Gasteiger partial charge is 0.357 e. The molecule has 0 fully saturated rings. The van der Waals surface area contributed by atoms with E-state index in [2.05, 4.69) is 20.3 Å². The SMILES string of the molecule is CNCc1c[nH]c2c(Cl)ncnc12. The molecule has 2 aromatic rings. The highest BCUT2D eigenvalue weighted by Crippen LogP contribution is 2.20. The molecule has 0 amide bonds. The Hall–Kier alpha value is -1.13. The zero-order chi connectivity index (χ0) is 9.26. The lowest BCUT2D eigenvalue weighted by Crippen LogP contribution is -2.04. The molecule has 5 heteroatoms. The Kier molecular flexibility index (Phi) is 2.16. The molecule has 0 atom stereocenters. The third kappa shape index (κ3) is 1.38. The summed E-state index contributed by atoms with van der Waals surface area (Å²) in [5, 5.41) is 3.52. The van der Waals surface area contributed by atoms with Crippen molar-refractivity contribution in [2.45, 2.75) is 6.54 Å². The topological polar surface area (TPSA) is 53.6 Å². The summed E-state index contributed by atoms with van der Waals surface area (Å²) >= 11 is 5.87. The van der Waals surface area contributed by atoms with E-state index in [-0.39, 0.29) is 0 Å². The van der Waals surface area contributed by atoms with Gasteiger partial charge in [-0.15, -0.1) is 0 Å². The van der Waals surface area contributed by atoms with Crippen molar-refractivity contribution in [3.63, 3.8) is 0 Å². The Labute approximate surface area is 80.3 Å². The lowest BCUT2D eigenvalue weighted by atomic mass is 10.3. The second-order valence-electron chi connectivity index (χ2n) is 2.73. The maximum absolute atomic E-state index is 5.87. The second-order valence-corrected chi connectivity index (χ2v) is 3.09. The van der Waals surface area contributed by atoms with Gasteiger partial charge in [0.1, 0.15) is 11.8 Å². The van der Waals surface area contributed by atoms with Crippen molar-refractivity contribution in [3.05, 3.63) is 23.2 Å². The van der Waals surface area contributed by atoms with Gasteiger partial charge in [-0.2, -0.15) is 0 Å². The third-order valence-electron chi connectivity index (χ3n) is 1.86. The average molecular weight is 197 g/mol. The maximum Gasteiger partial charge on any atom is 0.156 e. The molecule has 0 spiro atoms. The van der Waals surface area contributed by atoms with E-state index in [0.717, 1.165) is 23.1 Å². The minimum Gasteiger partial charge on any atom is -0.357 e. The summed E-state index contributed by atoms with van der Waals surface area (Å²) in [6.07, 6.45) is 3.36. The molecule has 0 unspecified atom stereocenters. The van der Waals surface area contributed by atoms with Crippen LogP contribution in [-0.4, -0.2) is 22.0 Å². The fraction of sp³-hybridized carbons (Fsp3) is 0.250. The van der Waals surface area contributed by atoms with Gasteiger partial charge in [0.2, 0.25) is 0 Å². The van der Waals surface area contributed by atoms with Crippen LogP contribution in [0.3, 0.4) is 0 Å². The van der Waals surface area contributed by atoms with Crippen molar-refractivity contribution in [1.82, 2.24) is 20.3 Å². The van der Waals surface area contributed by atoms with Gasteiger partial charge < -0.3 is 10.3 Å². The van der Waals surface area contributed by atoms with Gasteiger partial charge in [-0.3, -0.25) is 0 Å². The van der Waals surface area contributed by atoms with Crippen molar-refractivity contribution in [3.8, 4) is 0 Å². The summed E-state index contributed by atoms with van der Waals surface area (Å²) in [6.45, 7) is 0.771. The van der Waals surface area contributed by atoms with E-state index in [4.69, 9.17) is 11.6 Å². The molecular weight excluding hydrogens is 188 g/mol. The van der Waals surface area contributed by atoms with Crippen LogP contribution >= 0.6 is 11.6 Å². The highest BCUT2D eigenvalue weighted by molar-refractivity contribution is 6.33. The Morgan fingerprint density at radius 3 is 3.15 bits per heavy atom. The molecular formula is C8H9ClN4. The quantitative estimate of drug-likeness (QED) is 0.713. The summed E-state index contributed by atoms with van der Waals surface area (Å²) in [5.74, 6) is 0. The smallest absolute Gasteiger partial charge is 0.156 e. The van der Waals surface area contributed by atoms with Gasteiger partial charge in [0, 0.05) is 18.3 Å². The number of aromatic amines is 1. The second kappa shape index (κ2) is 3.32. The summed E-state index contributed by atoms with van der Waals surface area (Å²) < 4.78 is 0. The summed E-state index contributed by atoms with van der Waals surface area (Å²) in [6, 6.07) is 0. The van der Waals surface area contributed by atoms with Crippen LogP contribution in [0.4, 0.5) is 0 Å². The zero-order valence-electron chi connectivity index (χ0n) is 7.13. The number of hydrogen-bond acceptors (Lipinski definition) is 3. The monoisotopic (exact) mass is 196 g/mol. The van der Waals surface area contributed by atoms with Crippen LogP contribution in [0.2, 0.25) is 5.15 Å². The first-order valence-electron chi connectivity index (χ1n) is 3.94. The normalized spacial score (nSPS) is 10.9. The molecule has 0 aromatic carbocycles. The van der Waals surface area contributed by atoms with Gasteiger partial charge in [0.15, 0.2) is 5.15 Å². The van der Waals surface area contributed by atoms with Gasteiger partial charge in [-0.1, -0.05) is 11.6 Å². The van der Waals surface area contributed by atoms with E-state index in [1.165, 1.54) is 6.33 Å². The molecule has 0 saturated heterocycles. The van der Waals surface area contributed by atoms with E-state index in [1.807, 2.05) is 13.2 Å². The number of fused-ring (bicyclic) bond motifs is 1. The number of aromatic nitrogens is 3. The summed E-state index contributed by atoms with van der Waals surface area (Å²) in [5.41, 5.74) is 2.78. The van der Waals surface area contributed by atoms with Crippen LogP contribution in [-0.2, 0) is 6.54 Å². The molecule has 2 heterocycles. The van der Waals surface area contributed by atoms with E-state index in [0.29, 0.717) is 5.15 Å². The van der Waals surface area contributed by atoms with E-state index >= 15 is 0 Å². The molecule has 0 aliphatic heterocycles. The van der Waals surface area contributed by atoms with E-state index < -0.39 is 0 Å².